The van der Waals surface area contributed by atoms with E-state index in [0.29, 0.717) is 40.8 Å². The van der Waals surface area contributed by atoms with Gasteiger partial charge < -0.3 is 19.8 Å². The highest BCUT2D eigenvalue weighted by Gasteiger charge is 2.12. The predicted molar refractivity (Wildman–Crippen MR) is 131 cm³/mol. The first-order valence-corrected chi connectivity index (χ1v) is 10.7. The third-order valence-electron chi connectivity index (χ3n) is 5.13. The fourth-order valence-electron chi connectivity index (χ4n) is 3.49. The van der Waals surface area contributed by atoms with Crippen LogP contribution in [0.5, 0.6) is 5.88 Å². The number of ether oxygens (including phenoxy) is 1. The molecule has 0 spiro atoms. The van der Waals surface area contributed by atoms with Crippen LogP contribution in [0.25, 0.3) is 16.9 Å². The maximum absolute atomic E-state index is 12.5. The molecule has 3 aromatic heterocycles. The maximum Gasteiger partial charge on any atom is 0.323 e. The van der Waals surface area contributed by atoms with Gasteiger partial charge in [0.1, 0.15) is 6.61 Å². The number of fused-ring (bicyclic) bond motifs is 1. The molecule has 0 bridgehead atoms. The molecule has 3 heterocycles. The van der Waals surface area contributed by atoms with Gasteiger partial charge >= 0.3 is 6.03 Å². The highest BCUT2D eigenvalue weighted by atomic mass is 16.5. The number of imidazole rings is 1. The zero-order valence-electron chi connectivity index (χ0n) is 18.4. The van der Waals surface area contributed by atoms with Crippen LogP contribution >= 0.6 is 0 Å². The summed E-state index contributed by atoms with van der Waals surface area (Å²) in [5.41, 5.74) is 4.60. The molecule has 2 amide bonds. The number of hydrogen-bond acceptors (Lipinski definition) is 6. The number of hydrogen-bond donors (Lipinski definition) is 2. The summed E-state index contributed by atoms with van der Waals surface area (Å²) in [4.78, 5) is 25.5. The lowest BCUT2D eigenvalue weighted by Crippen LogP contribution is -2.19. The summed E-state index contributed by atoms with van der Waals surface area (Å²) in [6, 6.07) is 19.4. The Labute approximate surface area is 200 Å². The van der Waals surface area contributed by atoms with Crippen LogP contribution in [-0.2, 0) is 6.61 Å². The number of nitrogens with zero attached hydrogens (tertiary/aromatic N) is 5. The number of pyridine rings is 1. The van der Waals surface area contributed by atoms with Gasteiger partial charge in [-0.2, -0.15) is 5.26 Å². The molecule has 0 aliphatic heterocycles. The largest absolute Gasteiger partial charge is 0.470 e. The van der Waals surface area contributed by atoms with E-state index in [1.165, 1.54) is 0 Å². The quantitative estimate of drug-likeness (QED) is 0.372. The van der Waals surface area contributed by atoms with Crippen LogP contribution in [-0.4, -0.2) is 25.4 Å². The zero-order chi connectivity index (χ0) is 24.0. The molecule has 9 nitrogen and oxygen atoms in total. The van der Waals surface area contributed by atoms with Crippen molar-refractivity contribution in [3.63, 3.8) is 0 Å². The molecule has 5 aromatic rings. The summed E-state index contributed by atoms with van der Waals surface area (Å²) < 4.78 is 7.83. The third-order valence-corrected chi connectivity index (χ3v) is 5.13. The van der Waals surface area contributed by atoms with Gasteiger partial charge in [-0.15, -0.1) is 0 Å². The molecule has 0 aliphatic carbocycles. The minimum Gasteiger partial charge on any atom is -0.470 e. The van der Waals surface area contributed by atoms with E-state index >= 15 is 0 Å². The Balaban J connectivity index is 1.36. The first kappa shape index (κ1) is 21.6. The van der Waals surface area contributed by atoms with Crippen molar-refractivity contribution in [1.82, 2.24) is 19.4 Å². The number of aromatic nitrogens is 4. The number of amides is 2. The van der Waals surface area contributed by atoms with Crippen LogP contribution in [0.1, 0.15) is 11.1 Å². The van der Waals surface area contributed by atoms with Gasteiger partial charge in [-0.1, -0.05) is 18.2 Å². The van der Waals surface area contributed by atoms with E-state index in [9.17, 15) is 4.79 Å². The number of nitrogens with one attached hydrogen (secondary N) is 2. The number of anilines is 2. The zero-order valence-corrected chi connectivity index (χ0v) is 18.4. The monoisotopic (exact) mass is 461 g/mol. The lowest BCUT2D eigenvalue weighted by molar-refractivity contribution is 0.262. The molecule has 9 heteroatoms. The second-order valence-corrected chi connectivity index (χ2v) is 7.59. The second-order valence-electron chi connectivity index (χ2n) is 7.59. The first-order valence-electron chi connectivity index (χ1n) is 10.7. The van der Waals surface area contributed by atoms with Crippen molar-refractivity contribution >= 4 is 23.1 Å². The molecule has 170 valence electrons. The number of nitriles is 1. The van der Waals surface area contributed by atoms with E-state index in [4.69, 9.17) is 10.00 Å². The lowest BCUT2D eigenvalue weighted by Gasteiger charge is -2.11. The van der Waals surface area contributed by atoms with E-state index in [1.807, 2.05) is 47.1 Å². The van der Waals surface area contributed by atoms with Crippen LogP contribution in [0.2, 0.25) is 0 Å². The normalized spacial score (nSPS) is 10.5. The molecule has 0 saturated carbocycles. The minimum absolute atomic E-state index is 0.330. The van der Waals surface area contributed by atoms with Crippen LogP contribution in [0.15, 0.2) is 91.6 Å². The van der Waals surface area contributed by atoms with E-state index in [2.05, 4.69) is 31.7 Å². The number of urea groups is 1. The van der Waals surface area contributed by atoms with Crippen molar-refractivity contribution in [2.45, 2.75) is 6.61 Å². The lowest BCUT2D eigenvalue weighted by atomic mass is 10.1. The van der Waals surface area contributed by atoms with E-state index in [0.717, 1.165) is 11.1 Å². The molecular formula is C26H19N7O2. The topological polar surface area (TPSA) is 117 Å². The Bertz CT molecular complexity index is 1540. The number of carbonyl (C=O) groups is 1. The smallest absolute Gasteiger partial charge is 0.323 e. The van der Waals surface area contributed by atoms with Crippen LogP contribution in [0.3, 0.4) is 0 Å². The minimum atomic E-state index is -0.420. The second kappa shape index (κ2) is 9.72. The molecule has 0 unspecified atom stereocenters. The molecule has 0 atom stereocenters. The van der Waals surface area contributed by atoms with E-state index in [-0.39, 0.29) is 0 Å². The van der Waals surface area contributed by atoms with Crippen LogP contribution in [0, 0.1) is 11.3 Å². The fourth-order valence-corrected chi connectivity index (χ4v) is 3.49. The molecule has 35 heavy (non-hydrogen) atoms. The molecule has 0 saturated heterocycles. The first-order chi connectivity index (χ1) is 17.2. The average Bonchev–Trinajstić information content (AvgIpc) is 3.37. The van der Waals surface area contributed by atoms with Gasteiger partial charge in [-0.3, -0.25) is 4.98 Å². The summed E-state index contributed by atoms with van der Waals surface area (Å²) >= 11 is 0. The number of carbonyl (C=O) groups excluding carboxylic acids is 1. The Morgan fingerprint density at radius 2 is 1.77 bits per heavy atom. The van der Waals surface area contributed by atoms with E-state index in [1.54, 1.807) is 48.9 Å². The van der Waals surface area contributed by atoms with Gasteiger partial charge in [0.05, 0.1) is 17.3 Å². The van der Waals surface area contributed by atoms with E-state index < -0.39 is 6.03 Å². The van der Waals surface area contributed by atoms with Crippen molar-refractivity contribution in [1.29, 1.82) is 5.26 Å². The number of rotatable bonds is 6. The van der Waals surface area contributed by atoms with Gasteiger partial charge in [0, 0.05) is 47.9 Å². The fraction of sp³-hybridized carbons (Fsp3) is 0.0385. The predicted octanol–water partition coefficient (Wildman–Crippen LogP) is 4.89. The molecule has 0 radical (unpaired) electrons. The Hall–Kier alpha value is -5.23. The number of benzene rings is 2. The summed E-state index contributed by atoms with van der Waals surface area (Å²) in [6.07, 6.45) is 8.79. The van der Waals surface area contributed by atoms with Gasteiger partial charge in [0.25, 0.3) is 5.88 Å². The molecule has 0 fully saturated rings. The molecule has 2 N–H and O–H groups in total. The van der Waals surface area contributed by atoms with Crippen molar-refractivity contribution in [3.8, 4) is 23.2 Å². The van der Waals surface area contributed by atoms with Crippen LogP contribution < -0.4 is 15.4 Å². The highest BCUT2D eigenvalue weighted by molar-refractivity contribution is 6.00. The summed E-state index contributed by atoms with van der Waals surface area (Å²) in [5, 5.41) is 14.6. The molecule has 2 aromatic carbocycles. The average molecular weight is 461 g/mol. The highest BCUT2D eigenvalue weighted by Crippen LogP contribution is 2.26. The van der Waals surface area contributed by atoms with Crippen molar-refractivity contribution in [3.05, 3.63) is 103 Å². The van der Waals surface area contributed by atoms with Crippen LogP contribution in [0.4, 0.5) is 16.2 Å². The molecular weight excluding hydrogens is 442 g/mol. The maximum atomic E-state index is 12.5. The molecule has 5 rings (SSSR count). The third kappa shape index (κ3) is 5.07. The van der Waals surface area contributed by atoms with Gasteiger partial charge in [0.2, 0.25) is 5.65 Å². The van der Waals surface area contributed by atoms with Gasteiger partial charge in [-0.25, -0.2) is 14.8 Å². The SMILES string of the molecule is N#Cc1cccc(NC(=O)Nc2cccc(-c3cn4ccnc4c(OCc4ccncc4)n3)c2)c1. The van der Waals surface area contributed by atoms with Crippen molar-refractivity contribution in [2.75, 3.05) is 10.6 Å². The van der Waals surface area contributed by atoms with Gasteiger partial charge in [0.15, 0.2) is 0 Å². The summed E-state index contributed by atoms with van der Waals surface area (Å²) in [6.45, 7) is 0.330. The Kier molecular flexibility index (Phi) is 6.00. The van der Waals surface area contributed by atoms with Gasteiger partial charge in [-0.05, 0) is 48.0 Å². The van der Waals surface area contributed by atoms with Crippen molar-refractivity contribution in [2.24, 2.45) is 0 Å². The van der Waals surface area contributed by atoms with Crippen molar-refractivity contribution < 1.29 is 9.53 Å². The summed E-state index contributed by atoms with van der Waals surface area (Å²) in [5.74, 6) is 0.401. The summed E-state index contributed by atoms with van der Waals surface area (Å²) in [7, 11) is 0. The molecule has 0 aliphatic rings. The Morgan fingerprint density at radius 1 is 1.00 bits per heavy atom. The Morgan fingerprint density at radius 3 is 2.57 bits per heavy atom. The standard InChI is InChI=1S/C26H19N7O2/c27-15-19-3-1-5-21(13-19)30-26(34)31-22-6-2-4-20(14-22)23-16-33-12-11-29-24(33)25(32-23)35-17-18-7-9-28-10-8-18/h1-14,16H,17H2,(H2,30,31,34).